The molecule has 0 bridgehead atoms. The summed E-state index contributed by atoms with van der Waals surface area (Å²) >= 11 is 0. The molecule has 0 radical (unpaired) electrons. The highest BCUT2D eigenvalue weighted by Crippen LogP contribution is 2.30. The topological polar surface area (TPSA) is 96.9 Å². The van der Waals surface area contributed by atoms with Crippen LogP contribution in [0.1, 0.15) is 32.6 Å². The molecule has 2 aliphatic rings. The maximum absolute atomic E-state index is 11.9. The molecular weight excluding hydrogens is 276 g/mol. The molecule has 2 aliphatic heterocycles. The molecule has 2 fully saturated rings. The Kier molecular flexibility index (Phi) is 5.41. The molecule has 21 heavy (non-hydrogen) atoms. The van der Waals surface area contributed by atoms with Crippen LogP contribution < -0.4 is 10.6 Å². The number of ether oxygens (including phenoxy) is 2. The zero-order chi connectivity index (χ0) is 15.3. The number of urea groups is 1. The van der Waals surface area contributed by atoms with Crippen molar-refractivity contribution in [2.75, 3.05) is 26.4 Å². The van der Waals surface area contributed by atoms with Crippen molar-refractivity contribution in [3.8, 4) is 0 Å². The second-order valence-corrected chi connectivity index (χ2v) is 5.87. The maximum atomic E-state index is 11.9. The highest BCUT2D eigenvalue weighted by molar-refractivity contribution is 5.78. The molecule has 0 aromatic heterocycles. The Morgan fingerprint density at radius 3 is 2.62 bits per heavy atom. The molecule has 7 heteroatoms. The lowest BCUT2D eigenvalue weighted by Gasteiger charge is -2.33. The molecular formula is C14H24N2O5. The van der Waals surface area contributed by atoms with Crippen molar-refractivity contribution in [3.05, 3.63) is 0 Å². The van der Waals surface area contributed by atoms with Crippen molar-refractivity contribution in [3.63, 3.8) is 0 Å². The van der Waals surface area contributed by atoms with Crippen LogP contribution in [0.5, 0.6) is 0 Å². The van der Waals surface area contributed by atoms with Crippen molar-refractivity contribution in [2.45, 2.75) is 44.8 Å². The van der Waals surface area contributed by atoms with Gasteiger partial charge < -0.3 is 25.2 Å². The summed E-state index contributed by atoms with van der Waals surface area (Å²) in [5.41, 5.74) is -0.914. The van der Waals surface area contributed by atoms with Crippen molar-refractivity contribution in [2.24, 2.45) is 5.41 Å². The van der Waals surface area contributed by atoms with Crippen LogP contribution in [0.3, 0.4) is 0 Å². The van der Waals surface area contributed by atoms with E-state index in [1.165, 1.54) is 0 Å². The predicted molar refractivity (Wildman–Crippen MR) is 75.1 cm³/mol. The van der Waals surface area contributed by atoms with Crippen LogP contribution in [0.2, 0.25) is 0 Å². The summed E-state index contributed by atoms with van der Waals surface area (Å²) in [6.45, 7) is 3.59. The summed E-state index contributed by atoms with van der Waals surface area (Å²) in [6.07, 6.45) is 2.85. The number of carboxylic acid groups (broad SMARTS) is 1. The SMILES string of the molecule is CC(NC(=O)NCC1(C(=O)O)CCOCC1)C1CCCO1. The molecule has 2 atom stereocenters. The number of nitrogens with one attached hydrogen (secondary N) is 2. The minimum absolute atomic E-state index is 0.0484. The first kappa shape index (κ1) is 16.0. The Bertz CT molecular complexity index is 376. The van der Waals surface area contributed by atoms with Crippen LogP contribution in [0.4, 0.5) is 4.79 Å². The van der Waals surface area contributed by atoms with Gasteiger partial charge in [-0.2, -0.15) is 0 Å². The zero-order valence-electron chi connectivity index (χ0n) is 12.4. The van der Waals surface area contributed by atoms with Gasteiger partial charge in [-0.25, -0.2) is 4.79 Å². The monoisotopic (exact) mass is 300 g/mol. The molecule has 120 valence electrons. The van der Waals surface area contributed by atoms with Crippen LogP contribution in [0, 0.1) is 5.41 Å². The van der Waals surface area contributed by atoms with E-state index in [1.54, 1.807) is 0 Å². The van der Waals surface area contributed by atoms with E-state index in [1.807, 2.05) is 6.92 Å². The molecule has 0 aromatic carbocycles. The van der Waals surface area contributed by atoms with Gasteiger partial charge >= 0.3 is 12.0 Å². The molecule has 2 unspecified atom stereocenters. The Balaban J connectivity index is 1.80. The van der Waals surface area contributed by atoms with E-state index in [0.717, 1.165) is 19.4 Å². The van der Waals surface area contributed by atoms with E-state index in [0.29, 0.717) is 26.1 Å². The average Bonchev–Trinajstić information content (AvgIpc) is 3.00. The fourth-order valence-corrected chi connectivity index (χ4v) is 2.83. The van der Waals surface area contributed by atoms with Gasteiger partial charge in [-0.3, -0.25) is 4.79 Å². The van der Waals surface area contributed by atoms with Gasteiger partial charge in [0.15, 0.2) is 0 Å². The number of aliphatic carboxylic acids is 1. The molecule has 0 aliphatic carbocycles. The third-order valence-electron chi connectivity index (χ3n) is 4.37. The molecule has 3 N–H and O–H groups in total. The van der Waals surface area contributed by atoms with Crippen LogP contribution in [-0.2, 0) is 14.3 Å². The average molecular weight is 300 g/mol. The van der Waals surface area contributed by atoms with Gasteiger partial charge in [0.05, 0.1) is 17.6 Å². The summed E-state index contributed by atoms with van der Waals surface area (Å²) < 4.78 is 10.7. The minimum Gasteiger partial charge on any atom is -0.481 e. The number of amides is 2. The van der Waals surface area contributed by atoms with E-state index >= 15 is 0 Å². The first-order valence-electron chi connectivity index (χ1n) is 7.51. The zero-order valence-corrected chi connectivity index (χ0v) is 12.4. The summed E-state index contributed by atoms with van der Waals surface area (Å²) in [7, 11) is 0. The Labute approximate surface area is 124 Å². The second-order valence-electron chi connectivity index (χ2n) is 5.87. The number of hydrogen-bond donors (Lipinski definition) is 3. The second kappa shape index (κ2) is 7.09. The normalized spacial score (nSPS) is 26.0. The molecule has 2 heterocycles. The fraction of sp³-hybridized carbons (Fsp3) is 0.857. The van der Waals surface area contributed by atoms with Crippen LogP contribution in [0.15, 0.2) is 0 Å². The number of carboxylic acids is 1. The van der Waals surface area contributed by atoms with E-state index in [9.17, 15) is 14.7 Å². The van der Waals surface area contributed by atoms with Gasteiger partial charge in [0.25, 0.3) is 0 Å². The summed E-state index contributed by atoms with van der Waals surface area (Å²) in [5.74, 6) is -0.877. The molecule has 7 nitrogen and oxygen atoms in total. The summed E-state index contributed by atoms with van der Waals surface area (Å²) in [6, 6.07) is -0.423. The predicted octanol–water partition coefficient (Wildman–Crippen LogP) is 0.735. The van der Waals surface area contributed by atoms with E-state index < -0.39 is 11.4 Å². The van der Waals surface area contributed by atoms with Crippen LogP contribution in [0.25, 0.3) is 0 Å². The van der Waals surface area contributed by atoms with E-state index in [-0.39, 0.29) is 24.7 Å². The Morgan fingerprint density at radius 2 is 2.05 bits per heavy atom. The molecule has 0 aromatic rings. The molecule has 0 spiro atoms. The lowest BCUT2D eigenvalue weighted by molar-refractivity contribution is -0.154. The molecule has 2 rings (SSSR count). The summed E-state index contributed by atoms with van der Waals surface area (Å²) in [5, 5.41) is 14.9. The number of hydrogen-bond acceptors (Lipinski definition) is 4. The first-order chi connectivity index (χ1) is 10.0. The number of carbonyl (C=O) groups excluding carboxylic acids is 1. The van der Waals surface area contributed by atoms with Crippen molar-refractivity contribution in [1.29, 1.82) is 0 Å². The largest absolute Gasteiger partial charge is 0.481 e. The van der Waals surface area contributed by atoms with E-state index in [4.69, 9.17) is 9.47 Å². The van der Waals surface area contributed by atoms with E-state index in [2.05, 4.69) is 10.6 Å². The first-order valence-corrected chi connectivity index (χ1v) is 7.51. The van der Waals surface area contributed by atoms with Gasteiger partial charge in [-0.1, -0.05) is 0 Å². The van der Waals surface area contributed by atoms with Gasteiger partial charge in [-0.15, -0.1) is 0 Å². The van der Waals surface area contributed by atoms with Crippen LogP contribution in [-0.4, -0.2) is 55.6 Å². The van der Waals surface area contributed by atoms with Crippen LogP contribution >= 0.6 is 0 Å². The molecule has 2 saturated heterocycles. The van der Waals surface area contributed by atoms with Gasteiger partial charge in [0.1, 0.15) is 0 Å². The lowest BCUT2D eigenvalue weighted by Crippen LogP contribution is -2.51. The van der Waals surface area contributed by atoms with Gasteiger partial charge in [0.2, 0.25) is 0 Å². The third-order valence-corrected chi connectivity index (χ3v) is 4.37. The summed E-state index contributed by atoms with van der Waals surface area (Å²) in [4.78, 5) is 23.4. The highest BCUT2D eigenvalue weighted by atomic mass is 16.5. The standard InChI is InChI=1S/C14H24N2O5/c1-10(11-3-2-6-21-11)16-13(19)15-9-14(12(17)18)4-7-20-8-5-14/h10-11H,2-9H2,1H3,(H,17,18)(H2,15,16,19). The Morgan fingerprint density at radius 1 is 1.33 bits per heavy atom. The van der Waals surface area contributed by atoms with Crippen molar-refractivity contribution < 1.29 is 24.2 Å². The Hall–Kier alpha value is -1.34. The number of carbonyl (C=O) groups is 2. The van der Waals surface area contributed by atoms with Gasteiger partial charge in [-0.05, 0) is 32.6 Å². The highest BCUT2D eigenvalue weighted by Gasteiger charge is 2.40. The number of rotatable bonds is 5. The lowest BCUT2D eigenvalue weighted by atomic mass is 9.80. The maximum Gasteiger partial charge on any atom is 0.315 e. The minimum atomic E-state index is -0.914. The van der Waals surface area contributed by atoms with Gasteiger partial charge in [0, 0.05) is 26.4 Å². The third kappa shape index (κ3) is 4.07. The molecule has 2 amide bonds. The fourth-order valence-electron chi connectivity index (χ4n) is 2.83. The van der Waals surface area contributed by atoms with Crippen molar-refractivity contribution >= 4 is 12.0 Å². The van der Waals surface area contributed by atoms with Crippen molar-refractivity contribution in [1.82, 2.24) is 10.6 Å². The quantitative estimate of drug-likeness (QED) is 0.695. The smallest absolute Gasteiger partial charge is 0.315 e. The molecule has 0 saturated carbocycles.